The lowest BCUT2D eigenvalue weighted by Gasteiger charge is -2.32. The van der Waals surface area contributed by atoms with Crippen LogP contribution < -0.4 is 5.73 Å². The third-order valence-corrected chi connectivity index (χ3v) is 4.99. The zero-order valence-corrected chi connectivity index (χ0v) is 13.4. The molecule has 0 aromatic heterocycles. The van der Waals surface area contributed by atoms with Gasteiger partial charge >= 0.3 is 0 Å². The quantitative estimate of drug-likeness (QED) is 0.495. The second-order valence-electron chi connectivity index (χ2n) is 6.27. The van der Waals surface area contributed by atoms with Crippen LogP contribution in [0.5, 0.6) is 0 Å². The highest BCUT2D eigenvalue weighted by Crippen LogP contribution is 2.47. The maximum absolute atomic E-state index is 13.1. The van der Waals surface area contributed by atoms with Crippen LogP contribution >= 0.6 is 0 Å². The zero-order valence-electron chi connectivity index (χ0n) is 13.4. The van der Waals surface area contributed by atoms with Gasteiger partial charge in [0.25, 0.3) is 5.91 Å². The topological polar surface area (TPSA) is 161 Å². The number of carbonyl (C=O) groups excluding carboxylic acids is 2. The molecule has 2 aliphatic heterocycles. The standard InChI is InChI=1S/C15H16N8O2/c16-14(25)15-3-1-12(2-4-15)23(15)13(24)10-5-9(8-19-21-17)6-11(7-10)20-22-18/h5-7,12H,1-4,8H2,(H2,16,25). The number of carbonyl (C=O) groups is 2. The summed E-state index contributed by atoms with van der Waals surface area (Å²) in [4.78, 5) is 32.1. The summed E-state index contributed by atoms with van der Waals surface area (Å²) in [5.41, 5.74) is 22.9. The minimum Gasteiger partial charge on any atom is -0.368 e. The second kappa shape index (κ2) is 6.35. The Bertz CT molecular complexity index is 830. The number of rotatable bonds is 5. The Kier molecular flexibility index (Phi) is 4.22. The smallest absolute Gasteiger partial charge is 0.255 e. The highest BCUT2D eigenvalue weighted by atomic mass is 16.2. The van der Waals surface area contributed by atoms with E-state index in [1.807, 2.05) is 0 Å². The van der Waals surface area contributed by atoms with Crippen molar-refractivity contribution < 1.29 is 9.59 Å². The van der Waals surface area contributed by atoms with Crippen molar-refractivity contribution in [2.24, 2.45) is 16.0 Å². The first kappa shape index (κ1) is 16.6. The molecule has 10 heteroatoms. The molecule has 0 saturated carbocycles. The van der Waals surface area contributed by atoms with Crippen LogP contribution in [0.15, 0.2) is 28.4 Å². The van der Waals surface area contributed by atoms with Crippen LogP contribution in [0.1, 0.15) is 41.6 Å². The fraction of sp³-hybridized carbons (Fsp3) is 0.467. The van der Waals surface area contributed by atoms with Crippen LogP contribution in [0.25, 0.3) is 20.9 Å². The number of hydrogen-bond acceptors (Lipinski definition) is 4. The minimum atomic E-state index is -0.929. The van der Waals surface area contributed by atoms with E-state index in [0.717, 1.165) is 12.8 Å². The summed E-state index contributed by atoms with van der Waals surface area (Å²) in [6, 6.07) is 4.59. The van der Waals surface area contributed by atoms with Crippen LogP contribution in [-0.2, 0) is 11.3 Å². The first-order valence-electron chi connectivity index (χ1n) is 7.85. The molecule has 0 radical (unpaired) electrons. The third-order valence-electron chi connectivity index (χ3n) is 4.99. The van der Waals surface area contributed by atoms with Crippen molar-refractivity contribution in [1.82, 2.24) is 4.90 Å². The van der Waals surface area contributed by atoms with E-state index in [-0.39, 0.29) is 29.7 Å². The number of primary amides is 1. The number of amides is 2. The Morgan fingerprint density at radius 1 is 1.24 bits per heavy atom. The Hall–Kier alpha value is -3.22. The predicted molar refractivity (Wildman–Crippen MR) is 88.4 cm³/mol. The molecule has 0 atom stereocenters. The maximum atomic E-state index is 13.1. The van der Waals surface area contributed by atoms with Crippen LogP contribution in [-0.4, -0.2) is 28.3 Å². The highest BCUT2D eigenvalue weighted by molar-refractivity contribution is 6.00. The van der Waals surface area contributed by atoms with E-state index < -0.39 is 11.4 Å². The summed E-state index contributed by atoms with van der Waals surface area (Å²) in [6.07, 6.45) is 2.63. The largest absolute Gasteiger partial charge is 0.368 e. The van der Waals surface area contributed by atoms with Gasteiger partial charge < -0.3 is 10.6 Å². The summed E-state index contributed by atoms with van der Waals surface area (Å²) < 4.78 is 0. The molecule has 0 unspecified atom stereocenters. The summed E-state index contributed by atoms with van der Waals surface area (Å²) in [5.74, 6) is -0.808. The fourth-order valence-corrected chi connectivity index (χ4v) is 3.90. The van der Waals surface area contributed by atoms with Crippen LogP contribution in [0.4, 0.5) is 5.69 Å². The first-order valence-corrected chi connectivity index (χ1v) is 7.85. The summed E-state index contributed by atoms with van der Waals surface area (Å²) in [5, 5.41) is 7.01. The van der Waals surface area contributed by atoms with Gasteiger partial charge in [0.15, 0.2) is 0 Å². The molecule has 1 aromatic rings. The Morgan fingerprint density at radius 3 is 2.56 bits per heavy atom. The van der Waals surface area contributed by atoms with Crippen molar-refractivity contribution in [3.05, 3.63) is 50.2 Å². The molecular weight excluding hydrogens is 324 g/mol. The highest BCUT2D eigenvalue weighted by Gasteiger charge is 2.57. The Morgan fingerprint density at radius 2 is 1.96 bits per heavy atom. The predicted octanol–water partition coefficient (Wildman–Crippen LogP) is 3.06. The normalized spacial score (nSPS) is 23.7. The van der Waals surface area contributed by atoms with Crippen molar-refractivity contribution in [3.63, 3.8) is 0 Å². The molecule has 2 bridgehead atoms. The molecule has 2 fully saturated rings. The first-order chi connectivity index (χ1) is 12.0. The van der Waals surface area contributed by atoms with Gasteiger partial charge in [0.2, 0.25) is 5.91 Å². The lowest BCUT2D eigenvalue weighted by atomic mass is 9.87. The van der Waals surface area contributed by atoms with E-state index in [9.17, 15) is 9.59 Å². The molecule has 2 amide bonds. The monoisotopic (exact) mass is 340 g/mol. The summed E-state index contributed by atoms with van der Waals surface area (Å²) >= 11 is 0. The molecule has 0 spiro atoms. The number of azide groups is 2. The van der Waals surface area contributed by atoms with Crippen molar-refractivity contribution >= 4 is 17.5 Å². The second-order valence-corrected chi connectivity index (χ2v) is 6.27. The number of benzene rings is 1. The SMILES string of the molecule is [N-]=[N+]=NCc1cc(N=[N+]=[N-])cc(C(=O)N2C3CCC2(C(N)=O)CC3)c1. The average Bonchev–Trinajstić information content (AvgIpc) is 3.16. The van der Waals surface area contributed by atoms with Gasteiger partial charge in [0.1, 0.15) is 5.54 Å². The summed E-state index contributed by atoms with van der Waals surface area (Å²) in [6.45, 7) is 0.0238. The van der Waals surface area contributed by atoms with Gasteiger partial charge in [-0.2, -0.15) is 0 Å². The molecule has 10 nitrogen and oxygen atoms in total. The number of nitrogens with zero attached hydrogens (tertiary/aromatic N) is 7. The van der Waals surface area contributed by atoms with E-state index in [1.165, 1.54) is 6.07 Å². The molecule has 2 heterocycles. The van der Waals surface area contributed by atoms with Gasteiger partial charge in [0.05, 0.1) is 6.54 Å². The van der Waals surface area contributed by atoms with Crippen LogP contribution in [0.2, 0.25) is 0 Å². The van der Waals surface area contributed by atoms with E-state index in [0.29, 0.717) is 18.4 Å². The molecule has 2 N–H and O–H groups in total. The van der Waals surface area contributed by atoms with Crippen LogP contribution in [0.3, 0.4) is 0 Å². The Labute approximate surface area is 142 Å². The maximum Gasteiger partial charge on any atom is 0.255 e. The number of nitrogens with two attached hydrogens (primary N) is 1. The number of fused-ring (bicyclic) bond motifs is 2. The van der Waals surface area contributed by atoms with Crippen molar-refractivity contribution in [2.45, 2.75) is 43.8 Å². The van der Waals surface area contributed by atoms with Gasteiger partial charge in [-0.25, -0.2) is 0 Å². The Balaban J connectivity index is 2.01. The van der Waals surface area contributed by atoms with Gasteiger partial charge in [-0.15, -0.1) is 0 Å². The fourth-order valence-electron chi connectivity index (χ4n) is 3.90. The zero-order chi connectivity index (χ0) is 18.0. The van der Waals surface area contributed by atoms with E-state index >= 15 is 0 Å². The average molecular weight is 340 g/mol. The molecule has 2 aliphatic rings. The summed E-state index contributed by atoms with van der Waals surface area (Å²) in [7, 11) is 0. The lowest BCUT2D eigenvalue weighted by molar-refractivity contribution is -0.126. The molecule has 128 valence electrons. The molecule has 2 saturated heterocycles. The van der Waals surface area contributed by atoms with Crippen LogP contribution in [0, 0.1) is 0 Å². The lowest BCUT2D eigenvalue weighted by Crippen LogP contribution is -2.53. The van der Waals surface area contributed by atoms with Gasteiger partial charge in [0, 0.05) is 27.1 Å². The van der Waals surface area contributed by atoms with Gasteiger partial charge in [-0.3, -0.25) is 9.59 Å². The molecule has 3 rings (SSSR count). The van der Waals surface area contributed by atoms with Gasteiger partial charge in [-0.05, 0) is 60.5 Å². The van der Waals surface area contributed by atoms with Crippen molar-refractivity contribution in [1.29, 1.82) is 0 Å². The third kappa shape index (κ3) is 2.73. The molecule has 25 heavy (non-hydrogen) atoms. The molecule has 1 aromatic carbocycles. The van der Waals surface area contributed by atoms with E-state index in [2.05, 4.69) is 20.1 Å². The van der Waals surface area contributed by atoms with Crippen molar-refractivity contribution in [2.75, 3.05) is 0 Å². The van der Waals surface area contributed by atoms with E-state index in [4.69, 9.17) is 16.8 Å². The van der Waals surface area contributed by atoms with Crippen molar-refractivity contribution in [3.8, 4) is 0 Å². The van der Waals surface area contributed by atoms with Gasteiger partial charge in [-0.1, -0.05) is 10.2 Å². The molecular formula is C15H16N8O2. The minimum absolute atomic E-state index is 0.0105. The molecule has 0 aliphatic carbocycles. The van der Waals surface area contributed by atoms with E-state index in [1.54, 1.807) is 17.0 Å². The number of hydrogen-bond donors (Lipinski definition) is 1.